The average Bonchev–Trinajstić information content (AvgIpc) is 2.72. The van der Waals surface area contributed by atoms with E-state index in [1.807, 2.05) is 0 Å². The predicted octanol–water partition coefficient (Wildman–Crippen LogP) is 6.67. The molecule has 0 atom stereocenters. The number of halogens is 2. The van der Waals surface area contributed by atoms with E-state index in [-0.39, 0.29) is 24.0 Å². The van der Waals surface area contributed by atoms with Gasteiger partial charge in [0.15, 0.2) is 0 Å². The molecule has 0 unspecified atom stereocenters. The summed E-state index contributed by atoms with van der Waals surface area (Å²) in [5, 5.41) is 1.17. The van der Waals surface area contributed by atoms with Crippen LogP contribution >= 0.6 is 15.9 Å². The molecule has 184 valence electrons. The van der Waals surface area contributed by atoms with Crippen LogP contribution in [0.15, 0.2) is 0 Å². The van der Waals surface area contributed by atoms with Crippen LogP contribution in [0.4, 0.5) is 0 Å². The van der Waals surface area contributed by atoms with Crippen LogP contribution in [-0.2, 0) is 0 Å². The molecule has 0 aliphatic carbocycles. The zero-order valence-corrected chi connectivity index (χ0v) is 24.9. The molecule has 0 aliphatic heterocycles. The Morgan fingerprint density at radius 2 is 0.700 bits per heavy atom. The first-order valence-corrected chi connectivity index (χ1v) is 14.7. The van der Waals surface area contributed by atoms with Crippen LogP contribution in [0.2, 0.25) is 0 Å². The van der Waals surface area contributed by atoms with Gasteiger partial charge in [0.2, 0.25) is 0 Å². The second-order valence-electron chi connectivity index (χ2n) is 9.84. The highest BCUT2D eigenvalue weighted by Crippen LogP contribution is 2.16. The van der Waals surface area contributed by atoms with E-state index in [1.165, 1.54) is 158 Å². The van der Waals surface area contributed by atoms with Crippen LogP contribution in [0.1, 0.15) is 142 Å². The monoisotopic (exact) mass is 601 g/mol. The number of unbranched alkanes of at least 4 members (excludes halogenated alkanes) is 17. The van der Waals surface area contributed by atoms with Gasteiger partial charge in [-0.1, -0.05) is 120 Å². The van der Waals surface area contributed by atoms with Gasteiger partial charge in [-0.15, -0.1) is 0 Å². The molecule has 0 fully saturated rings. The number of quaternary nitrogens is 1. The molecule has 0 amide bonds. The molecule has 0 radical (unpaired) electrons. The van der Waals surface area contributed by atoms with Crippen molar-refractivity contribution >= 4 is 15.9 Å². The van der Waals surface area contributed by atoms with Crippen molar-refractivity contribution in [2.24, 2.45) is 0 Å². The summed E-state index contributed by atoms with van der Waals surface area (Å²) in [4.78, 5) is 0. The van der Waals surface area contributed by atoms with Gasteiger partial charge in [-0.05, 0) is 38.5 Å². The Morgan fingerprint density at radius 3 is 1.00 bits per heavy atom. The van der Waals surface area contributed by atoms with E-state index in [9.17, 15) is 0 Å². The van der Waals surface area contributed by atoms with Crippen LogP contribution in [0.5, 0.6) is 0 Å². The lowest BCUT2D eigenvalue weighted by atomic mass is 10.1. The summed E-state index contributed by atoms with van der Waals surface area (Å²) in [5.74, 6) is 0. The van der Waals surface area contributed by atoms with Crippen LogP contribution in [0.3, 0.4) is 0 Å². The fourth-order valence-electron chi connectivity index (χ4n) is 4.53. The molecule has 0 rings (SSSR count). The maximum Gasteiger partial charge on any atom is 0.0784 e. The second kappa shape index (κ2) is 26.4. The van der Waals surface area contributed by atoms with E-state index in [2.05, 4.69) is 36.8 Å². The van der Waals surface area contributed by atoms with E-state index >= 15 is 0 Å². The van der Waals surface area contributed by atoms with Gasteiger partial charge in [0.25, 0.3) is 0 Å². The highest BCUT2D eigenvalue weighted by atomic mass is 127. The summed E-state index contributed by atoms with van der Waals surface area (Å²) in [6, 6.07) is 0. The summed E-state index contributed by atoms with van der Waals surface area (Å²) in [5.41, 5.74) is 0. The second-order valence-corrected chi connectivity index (χ2v) is 10.6. The van der Waals surface area contributed by atoms with Crippen molar-refractivity contribution in [1.82, 2.24) is 0 Å². The van der Waals surface area contributed by atoms with Gasteiger partial charge in [-0.2, -0.15) is 0 Å². The van der Waals surface area contributed by atoms with Crippen molar-refractivity contribution in [2.45, 2.75) is 142 Å². The molecule has 0 N–H and O–H groups in total. The molecular formula is C27H57BrIN. The molecule has 0 aromatic carbocycles. The minimum Gasteiger partial charge on any atom is -1.00 e. The molecule has 0 heterocycles. The average molecular weight is 603 g/mol. The van der Waals surface area contributed by atoms with Crippen molar-refractivity contribution in [1.29, 1.82) is 0 Å². The van der Waals surface area contributed by atoms with Crippen molar-refractivity contribution < 1.29 is 28.5 Å². The fraction of sp³-hybridized carbons (Fsp3) is 1.00. The Balaban J connectivity index is 0. The summed E-state index contributed by atoms with van der Waals surface area (Å²) < 4.78 is 1.33. The molecule has 0 aliphatic rings. The summed E-state index contributed by atoms with van der Waals surface area (Å²) in [6.45, 7) is 8.83. The number of rotatable bonds is 24. The van der Waals surface area contributed by atoms with Crippen LogP contribution in [0, 0.1) is 0 Å². The Bertz CT molecular complexity index is 289. The molecule has 0 spiro atoms. The SMILES string of the molecule is CCCCCCCCCCC[N+](C)(CCCCBr)CCCCCCCCCCC.[I-]. The quantitative estimate of drug-likeness (QED) is 0.0501. The molecule has 0 saturated carbocycles. The standard InChI is InChI=1S/C27H57BrN.HI/c1-4-6-8-10-12-14-16-18-21-25-29(3,27-23-20-24-28)26-22-19-17-15-13-11-9-7-5-2;/h4-27H2,1-3H3;1H/q+1;/p-1. The van der Waals surface area contributed by atoms with Gasteiger partial charge in [-0.3, -0.25) is 0 Å². The van der Waals surface area contributed by atoms with E-state index in [1.54, 1.807) is 0 Å². The zero-order valence-electron chi connectivity index (χ0n) is 21.2. The van der Waals surface area contributed by atoms with E-state index in [0.29, 0.717) is 0 Å². The first kappa shape index (κ1) is 33.3. The third kappa shape index (κ3) is 23.8. The Labute approximate surface area is 217 Å². The number of nitrogens with zero attached hydrogens (tertiary/aromatic N) is 1. The first-order chi connectivity index (χ1) is 14.2. The Kier molecular flexibility index (Phi) is 29.4. The van der Waals surface area contributed by atoms with Gasteiger partial charge in [0.05, 0.1) is 26.7 Å². The highest BCUT2D eigenvalue weighted by Gasteiger charge is 2.20. The minimum absolute atomic E-state index is 0. The minimum atomic E-state index is 0. The van der Waals surface area contributed by atoms with Gasteiger partial charge in [0.1, 0.15) is 0 Å². The third-order valence-corrected chi connectivity index (χ3v) is 7.25. The first-order valence-electron chi connectivity index (χ1n) is 13.6. The van der Waals surface area contributed by atoms with Crippen molar-refractivity contribution in [3.63, 3.8) is 0 Å². The van der Waals surface area contributed by atoms with E-state index < -0.39 is 0 Å². The van der Waals surface area contributed by atoms with Gasteiger partial charge < -0.3 is 28.5 Å². The maximum absolute atomic E-state index is 3.62. The van der Waals surface area contributed by atoms with Crippen LogP contribution < -0.4 is 24.0 Å². The van der Waals surface area contributed by atoms with Crippen LogP contribution in [-0.4, -0.2) is 36.5 Å². The molecule has 0 aromatic heterocycles. The summed E-state index contributed by atoms with van der Waals surface area (Å²) in [7, 11) is 2.55. The molecule has 0 bridgehead atoms. The summed E-state index contributed by atoms with van der Waals surface area (Å²) >= 11 is 3.62. The van der Waals surface area contributed by atoms with Crippen molar-refractivity contribution in [2.75, 3.05) is 32.0 Å². The van der Waals surface area contributed by atoms with Crippen molar-refractivity contribution in [3.8, 4) is 0 Å². The largest absolute Gasteiger partial charge is 1.00 e. The number of hydrogen-bond acceptors (Lipinski definition) is 0. The topological polar surface area (TPSA) is 0 Å². The number of alkyl halides is 1. The van der Waals surface area contributed by atoms with Crippen molar-refractivity contribution in [3.05, 3.63) is 0 Å². The lowest BCUT2D eigenvalue weighted by Crippen LogP contribution is -3.00. The van der Waals surface area contributed by atoms with Crippen LogP contribution in [0.25, 0.3) is 0 Å². The van der Waals surface area contributed by atoms with Gasteiger partial charge >= 0.3 is 0 Å². The zero-order chi connectivity index (χ0) is 21.5. The van der Waals surface area contributed by atoms with E-state index in [4.69, 9.17) is 0 Å². The Hall–Kier alpha value is 1.17. The lowest BCUT2D eigenvalue weighted by Gasteiger charge is -2.35. The Morgan fingerprint density at radius 1 is 0.433 bits per heavy atom. The molecule has 30 heavy (non-hydrogen) atoms. The van der Waals surface area contributed by atoms with Gasteiger partial charge in [-0.25, -0.2) is 0 Å². The fourth-order valence-corrected chi connectivity index (χ4v) is 4.93. The molecule has 0 aromatic rings. The van der Waals surface area contributed by atoms with E-state index in [0.717, 1.165) is 0 Å². The lowest BCUT2D eigenvalue weighted by molar-refractivity contribution is -0.910. The third-order valence-electron chi connectivity index (χ3n) is 6.68. The maximum atomic E-state index is 3.62. The normalized spacial score (nSPS) is 11.6. The number of hydrogen-bond donors (Lipinski definition) is 0. The molecule has 0 saturated heterocycles. The predicted molar refractivity (Wildman–Crippen MR) is 138 cm³/mol. The highest BCUT2D eigenvalue weighted by molar-refractivity contribution is 9.09. The smallest absolute Gasteiger partial charge is 0.0784 e. The summed E-state index contributed by atoms with van der Waals surface area (Å²) in [6.07, 6.45) is 28.8. The molecule has 3 heteroatoms. The van der Waals surface area contributed by atoms with Gasteiger partial charge in [0, 0.05) is 5.33 Å². The molecule has 1 nitrogen and oxygen atoms in total. The molecular weight excluding hydrogens is 545 g/mol.